The average molecular weight is 239 g/mol. The maximum absolute atomic E-state index is 11.3. The molecule has 92 valence electrons. The lowest BCUT2D eigenvalue weighted by atomic mass is 10.2. The number of methoxy groups -OCH3 is 1. The number of ether oxygens (including phenoxy) is 1. The second-order valence-corrected chi connectivity index (χ2v) is 3.69. The van der Waals surface area contributed by atoms with Gasteiger partial charge in [-0.05, 0) is 0 Å². The van der Waals surface area contributed by atoms with Crippen molar-refractivity contribution >= 4 is 11.9 Å². The molecule has 8 nitrogen and oxygen atoms in total. The minimum Gasteiger partial charge on any atom is -0.383 e. The van der Waals surface area contributed by atoms with Crippen LogP contribution in [-0.2, 0) is 22.5 Å². The number of hydrogen-bond acceptors (Lipinski definition) is 5. The van der Waals surface area contributed by atoms with Gasteiger partial charge in [0, 0.05) is 19.7 Å². The minimum atomic E-state index is -0.560. The van der Waals surface area contributed by atoms with E-state index in [-0.39, 0.29) is 5.91 Å². The maximum Gasteiger partial charge on any atom is 0.322 e. The molecule has 2 heterocycles. The van der Waals surface area contributed by atoms with Gasteiger partial charge in [0.05, 0.1) is 18.8 Å². The second kappa shape index (κ2) is 4.91. The van der Waals surface area contributed by atoms with Gasteiger partial charge in [0.25, 0.3) is 5.91 Å². The van der Waals surface area contributed by atoms with Crippen LogP contribution in [0.15, 0.2) is 6.20 Å². The Bertz CT molecular complexity index is 430. The molecular formula is C9H13N5O3. The van der Waals surface area contributed by atoms with Gasteiger partial charge < -0.3 is 10.1 Å². The summed E-state index contributed by atoms with van der Waals surface area (Å²) in [6.45, 7) is 1.15. The predicted molar refractivity (Wildman–Crippen MR) is 56.1 cm³/mol. The molecule has 1 aromatic rings. The van der Waals surface area contributed by atoms with Crippen LogP contribution in [-0.4, -0.2) is 46.7 Å². The number of carbonyl (C=O) groups excluding carboxylic acids is 2. The summed E-state index contributed by atoms with van der Waals surface area (Å²) in [5, 5.41) is 12.5. The van der Waals surface area contributed by atoms with Crippen LogP contribution in [0.4, 0.5) is 4.79 Å². The SMILES string of the molecule is COCCn1cc(C[C@H]2NC(=O)NC2=O)nn1. The summed E-state index contributed by atoms with van der Waals surface area (Å²) in [6.07, 6.45) is 2.07. The highest BCUT2D eigenvalue weighted by Crippen LogP contribution is 2.03. The minimum absolute atomic E-state index is 0.332. The molecule has 1 fully saturated rings. The van der Waals surface area contributed by atoms with E-state index in [0.717, 1.165) is 0 Å². The molecule has 1 aromatic heterocycles. The van der Waals surface area contributed by atoms with Crippen molar-refractivity contribution < 1.29 is 14.3 Å². The molecule has 0 unspecified atom stereocenters. The van der Waals surface area contributed by atoms with E-state index in [1.165, 1.54) is 0 Å². The fourth-order valence-corrected chi connectivity index (χ4v) is 1.54. The molecule has 0 bridgehead atoms. The zero-order valence-corrected chi connectivity index (χ0v) is 9.34. The fraction of sp³-hybridized carbons (Fsp3) is 0.556. The molecule has 2 rings (SSSR count). The van der Waals surface area contributed by atoms with Gasteiger partial charge in [0.15, 0.2) is 0 Å². The van der Waals surface area contributed by atoms with E-state index in [1.807, 2.05) is 0 Å². The van der Waals surface area contributed by atoms with Gasteiger partial charge in [-0.25, -0.2) is 9.48 Å². The number of nitrogens with zero attached hydrogens (tertiary/aromatic N) is 3. The van der Waals surface area contributed by atoms with E-state index in [4.69, 9.17) is 4.74 Å². The Kier molecular flexibility index (Phi) is 3.33. The number of nitrogens with one attached hydrogen (secondary N) is 2. The smallest absolute Gasteiger partial charge is 0.322 e. The fourth-order valence-electron chi connectivity index (χ4n) is 1.54. The largest absolute Gasteiger partial charge is 0.383 e. The highest BCUT2D eigenvalue weighted by Gasteiger charge is 2.30. The van der Waals surface area contributed by atoms with E-state index in [9.17, 15) is 9.59 Å². The second-order valence-electron chi connectivity index (χ2n) is 3.69. The number of amides is 3. The zero-order valence-electron chi connectivity index (χ0n) is 9.34. The number of carbonyl (C=O) groups is 2. The molecule has 1 saturated heterocycles. The van der Waals surface area contributed by atoms with E-state index < -0.39 is 12.1 Å². The molecule has 17 heavy (non-hydrogen) atoms. The molecule has 3 amide bonds. The Hall–Kier alpha value is -1.96. The van der Waals surface area contributed by atoms with Gasteiger partial charge in [-0.1, -0.05) is 5.21 Å². The van der Waals surface area contributed by atoms with Crippen LogP contribution in [0.2, 0.25) is 0 Å². The van der Waals surface area contributed by atoms with Crippen molar-refractivity contribution in [1.82, 2.24) is 25.6 Å². The quantitative estimate of drug-likeness (QED) is 0.621. The first-order valence-electron chi connectivity index (χ1n) is 5.18. The lowest BCUT2D eigenvalue weighted by Crippen LogP contribution is -2.31. The molecule has 1 atom stereocenters. The van der Waals surface area contributed by atoms with Crippen LogP contribution in [0.3, 0.4) is 0 Å². The van der Waals surface area contributed by atoms with Crippen molar-refractivity contribution in [3.05, 3.63) is 11.9 Å². The summed E-state index contributed by atoms with van der Waals surface area (Å²) < 4.78 is 6.54. The molecule has 0 aliphatic carbocycles. The molecule has 2 N–H and O–H groups in total. The third-order valence-electron chi connectivity index (χ3n) is 2.38. The molecule has 0 radical (unpaired) electrons. The monoisotopic (exact) mass is 239 g/mol. The van der Waals surface area contributed by atoms with Gasteiger partial charge in [0.2, 0.25) is 0 Å². The van der Waals surface area contributed by atoms with E-state index in [0.29, 0.717) is 25.3 Å². The summed E-state index contributed by atoms with van der Waals surface area (Å²) in [4.78, 5) is 22.2. The lowest BCUT2D eigenvalue weighted by molar-refractivity contribution is -0.120. The number of aromatic nitrogens is 3. The van der Waals surface area contributed by atoms with Gasteiger partial charge in [-0.3, -0.25) is 10.1 Å². The van der Waals surface area contributed by atoms with Crippen LogP contribution in [0.5, 0.6) is 0 Å². The normalized spacial score (nSPS) is 19.2. The van der Waals surface area contributed by atoms with Crippen molar-refractivity contribution in [2.75, 3.05) is 13.7 Å². The maximum atomic E-state index is 11.3. The molecule has 0 spiro atoms. The lowest BCUT2D eigenvalue weighted by Gasteiger charge is -2.02. The molecule has 0 saturated carbocycles. The first-order chi connectivity index (χ1) is 8.19. The van der Waals surface area contributed by atoms with Crippen molar-refractivity contribution in [3.63, 3.8) is 0 Å². The standard InChI is InChI=1S/C9H13N5O3/c1-17-3-2-14-5-6(12-13-14)4-7-8(15)11-9(16)10-7/h5,7H,2-4H2,1H3,(H2,10,11,15,16)/t7-/m1/s1. The molecule has 0 aromatic carbocycles. The Morgan fingerprint density at radius 1 is 1.53 bits per heavy atom. The topological polar surface area (TPSA) is 98.1 Å². The summed E-state index contributed by atoms with van der Waals surface area (Å²) in [7, 11) is 1.61. The van der Waals surface area contributed by atoms with Gasteiger partial charge >= 0.3 is 6.03 Å². The number of rotatable bonds is 5. The molecule has 8 heteroatoms. The highest BCUT2D eigenvalue weighted by atomic mass is 16.5. The average Bonchev–Trinajstić information content (AvgIpc) is 2.84. The van der Waals surface area contributed by atoms with E-state index in [1.54, 1.807) is 18.0 Å². The first kappa shape index (κ1) is 11.5. The van der Waals surface area contributed by atoms with Crippen LogP contribution >= 0.6 is 0 Å². The predicted octanol–water partition coefficient (Wildman–Crippen LogP) is -1.32. The van der Waals surface area contributed by atoms with Crippen LogP contribution in [0.25, 0.3) is 0 Å². The van der Waals surface area contributed by atoms with Crippen molar-refractivity contribution in [3.8, 4) is 0 Å². The van der Waals surface area contributed by atoms with E-state index in [2.05, 4.69) is 20.9 Å². The van der Waals surface area contributed by atoms with Crippen molar-refractivity contribution in [2.24, 2.45) is 0 Å². The van der Waals surface area contributed by atoms with E-state index >= 15 is 0 Å². The number of urea groups is 1. The van der Waals surface area contributed by atoms with Crippen LogP contribution in [0.1, 0.15) is 5.69 Å². The summed E-state index contributed by atoms with van der Waals surface area (Å²) in [5.41, 5.74) is 0.656. The Morgan fingerprint density at radius 3 is 3.00 bits per heavy atom. The number of imide groups is 1. The number of hydrogen-bond donors (Lipinski definition) is 2. The van der Waals surface area contributed by atoms with Crippen LogP contribution in [0, 0.1) is 0 Å². The van der Waals surface area contributed by atoms with Crippen LogP contribution < -0.4 is 10.6 Å². The molecule has 1 aliphatic rings. The summed E-state index contributed by atoms with van der Waals surface area (Å²) >= 11 is 0. The highest BCUT2D eigenvalue weighted by molar-refractivity contribution is 6.04. The summed E-state index contributed by atoms with van der Waals surface area (Å²) in [6, 6.07) is -1.03. The molecule has 1 aliphatic heterocycles. The third kappa shape index (κ3) is 2.78. The zero-order chi connectivity index (χ0) is 12.3. The third-order valence-corrected chi connectivity index (χ3v) is 2.38. The Balaban J connectivity index is 1.92. The van der Waals surface area contributed by atoms with Crippen molar-refractivity contribution in [2.45, 2.75) is 19.0 Å². The molecular weight excluding hydrogens is 226 g/mol. The Labute approximate surface area is 97.3 Å². The van der Waals surface area contributed by atoms with Gasteiger partial charge in [-0.15, -0.1) is 5.10 Å². The van der Waals surface area contributed by atoms with Gasteiger partial charge in [-0.2, -0.15) is 0 Å². The van der Waals surface area contributed by atoms with Crippen molar-refractivity contribution in [1.29, 1.82) is 0 Å². The van der Waals surface area contributed by atoms with Gasteiger partial charge in [0.1, 0.15) is 6.04 Å². The first-order valence-corrected chi connectivity index (χ1v) is 5.18. The Morgan fingerprint density at radius 2 is 2.35 bits per heavy atom. The summed E-state index contributed by atoms with van der Waals surface area (Å²) in [5.74, 6) is -0.332.